The van der Waals surface area contributed by atoms with E-state index >= 15 is 0 Å². The smallest absolute Gasteiger partial charge is 0.410 e. The highest BCUT2D eigenvalue weighted by Crippen LogP contribution is 2.51. The number of hydrogen-bond donors (Lipinski definition) is 1. The number of ether oxygens (including phenoxy) is 1. The van der Waals surface area contributed by atoms with E-state index in [0.29, 0.717) is 18.8 Å². The fraction of sp³-hybridized carbons (Fsp3) is 0.923. The molecule has 0 atom stereocenters. The Hall–Kier alpha value is -0.770. The molecular weight excluding hydrogens is 218 g/mol. The first kappa shape index (κ1) is 12.7. The maximum atomic E-state index is 11.8. The molecule has 0 saturated heterocycles. The lowest BCUT2D eigenvalue weighted by Crippen LogP contribution is -2.57. The molecule has 2 rings (SSSR count). The fourth-order valence-electron chi connectivity index (χ4n) is 2.47. The Morgan fingerprint density at radius 2 is 1.88 bits per heavy atom. The first-order valence-corrected chi connectivity index (χ1v) is 6.39. The summed E-state index contributed by atoms with van der Waals surface area (Å²) < 4.78 is 5.31. The van der Waals surface area contributed by atoms with Crippen LogP contribution in [0.25, 0.3) is 0 Å². The predicted molar refractivity (Wildman–Crippen MR) is 64.7 cm³/mol. The molecule has 1 N–H and O–H groups in total. The summed E-state index contributed by atoms with van der Waals surface area (Å²) in [5, 5.41) is 10.2. The van der Waals surface area contributed by atoms with Crippen LogP contribution in [0.3, 0.4) is 0 Å². The minimum absolute atomic E-state index is 0.135. The van der Waals surface area contributed by atoms with Crippen LogP contribution in [0.2, 0.25) is 0 Å². The third-order valence-electron chi connectivity index (χ3n) is 3.74. The third kappa shape index (κ3) is 2.73. The van der Waals surface area contributed by atoms with Crippen molar-refractivity contribution in [2.24, 2.45) is 5.92 Å². The average Bonchev–Trinajstić information content (AvgIpc) is 2.91. The molecule has 0 heterocycles. The second-order valence-corrected chi connectivity index (χ2v) is 6.53. The second-order valence-electron chi connectivity index (χ2n) is 6.53. The molecule has 0 radical (unpaired) electrons. The van der Waals surface area contributed by atoms with Crippen molar-refractivity contribution < 1.29 is 14.6 Å². The summed E-state index contributed by atoms with van der Waals surface area (Å²) in [5.74, 6) is 0.478. The molecule has 17 heavy (non-hydrogen) atoms. The van der Waals surface area contributed by atoms with E-state index in [1.54, 1.807) is 11.9 Å². The van der Waals surface area contributed by atoms with Gasteiger partial charge in [-0.25, -0.2) is 4.79 Å². The number of amides is 1. The fourth-order valence-corrected chi connectivity index (χ4v) is 2.47. The van der Waals surface area contributed by atoms with Crippen molar-refractivity contribution in [3.05, 3.63) is 0 Å². The number of aliphatic hydroxyl groups is 1. The normalized spacial score (nSPS) is 32.9. The van der Waals surface area contributed by atoms with Crippen LogP contribution < -0.4 is 0 Å². The highest BCUT2D eigenvalue weighted by Gasteiger charge is 2.54. The van der Waals surface area contributed by atoms with Gasteiger partial charge in [0.15, 0.2) is 0 Å². The minimum atomic E-state index is -0.499. The maximum absolute atomic E-state index is 11.8. The molecule has 0 unspecified atom stereocenters. The Bertz CT molecular complexity index is 311. The van der Waals surface area contributed by atoms with E-state index < -0.39 is 11.2 Å². The van der Waals surface area contributed by atoms with Crippen molar-refractivity contribution in [2.75, 3.05) is 7.05 Å². The Labute approximate surface area is 103 Å². The SMILES string of the molecule is CN(C(=O)OC(C)(C)C)C1CC(O)(C2CC2)C1. The highest BCUT2D eigenvalue weighted by atomic mass is 16.6. The number of carbonyl (C=O) groups is 1. The van der Waals surface area contributed by atoms with E-state index in [1.807, 2.05) is 20.8 Å². The molecule has 1 amide bonds. The van der Waals surface area contributed by atoms with Crippen LogP contribution in [-0.4, -0.2) is 40.4 Å². The lowest BCUT2D eigenvalue weighted by atomic mass is 9.72. The van der Waals surface area contributed by atoms with E-state index in [2.05, 4.69) is 0 Å². The molecule has 2 aliphatic carbocycles. The van der Waals surface area contributed by atoms with Gasteiger partial charge in [-0.1, -0.05) is 0 Å². The van der Waals surface area contributed by atoms with Crippen LogP contribution in [0.5, 0.6) is 0 Å². The molecule has 0 aromatic heterocycles. The van der Waals surface area contributed by atoms with Crippen molar-refractivity contribution in [3.8, 4) is 0 Å². The molecule has 2 fully saturated rings. The maximum Gasteiger partial charge on any atom is 0.410 e. The number of nitrogens with zero attached hydrogens (tertiary/aromatic N) is 1. The van der Waals surface area contributed by atoms with Gasteiger partial charge in [-0.2, -0.15) is 0 Å². The van der Waals surface area contributed by atoms with Gasteiger partial charge >= 0.3 is 6.09 Å². The van der Waals surface area contributed by atoms with Crippen molar-refractivity contribution in [1.82, 2.24) is 4.90 Å². The molecule has 4 nitrogen and oxygen atoms in total. The second kappa shape index (κ2) is 3.87. The van der Waals surface area contributed by atoms with Crippen molar-refractivity contribution >= 4 is 6.09 Å². The summed E-state index contributed by atoms with van der Waals surface area (Å²) in [5.41, 5.74) is -0.956. The van der Waals surface area contributed by atoms with Gasteiger partial charge in [-0.3, -0.25) is 0 Å². The van der Waals surface area contributed by atoms with Crippen molar-refractivity contribution in [3.63, 3.8) is 0 Å². The summed E-state index contributed by atoms with van der Waals surface area (Å²) in [6.07, 6.45) is 3.39. The molecule has 2 saturated carbocycles. The highest BCUT2D eigenvalue weighted by molar-refractivity contribution is 5.68. The van der Waals surface area contributed by atoms with E-state index in [0.717, 1.165) is 12.8 Å². The van der Waals surface area contributed by atoms with E-state index in [4.69, 9.17) is 4.74 Å². The Morgan fingerprint density at radius 3 is 2.29 bits per heavy atom. The number of rotatable bonds is 2. The molecule has 0 bridgehead atoms. The molecular formula is C13H23NO3. The number of hydrogen-bond acceptors (Lipinski definition) is 3. The van der Waals surface area contributed by atoms with Crippen LogP contribution in [0, 0.1) is 5.92 Å². The zero-order valence-corrected chi connectivity index (χ0v) is 11.2. The van der Waals surface area contributed by atoms with Crippen LogP contribution in [0.4, 0.5) is 4.79 Å². The Morgan fingerprint density at radius 1 is 1.35 bits per heavy atom. The summed E-state index contributed by atoms with van der Waals surface area (Å²) in [6.45, 7) is 5.58. The summed E-state index contributed by atoms with van der Waals surface area (Å²) in [6, 6.07) is 0.135. The quantitative estimate of drug-likeness (QED) is 0.806. The lowest BCUT2D eigenvalue weighted by molar-refractivity contribution is -0.101. The molecule has 98 valence electrons. The van der Waals surface area contributed by atoms with Gasteiger partial charge in [0.25, 0.3) is 0 Å². The third-order valence-corrected chi connectivity index (χ3v) is 3.74. The Balaban J connectivity index is 1.82. The molecule has 0 aromatic rings. The van der Waals surface area contributed by atoms with Gasteiger partial charge in [0.1, 0.15) is 5.60 Å². The number of carbonyl (C=O) groups excluding carboxylic acids is 1. The van der Waals surface area contributed by atoms with Crippen molar-refractivity contribution in [1.29, 1.82) is 0 Å². The van der Waals surface area contributed by atoms with Gasteiger partial charge in [0.05, 0.1) is 5.60 Å². The first-order valence-electron chi connectivity index (χ1n) is 6.39. The zero-order valence-electron chi connectivity index (χ0n) is 11.2. The molecule has 0 spiro atoms. The summed E-state index contributed by atoms with van der Waals surface area (Å²) in [7, 11) is 1.76. The van der Waals surface area contributed by atoms with E-state index in [-0.39, 0.29) is 12.1 Å². The predicted octanol–water partition coefficient (Wildman–Crippen LogP) is 2.16. The summed E-state index contributed by atoms with van der Waals surface area (Å²) >= 11 is 0. The zero-order chi connectivity index (χ0) is 12.8. The minimum Gasteiger partial charge on any atom is -0.444 e. The van der Waals surface area contributed by atoms with Gasteiger partial charge in [0.2, 0.25) is 0 Å². The first-order chi connectivity index (χ1) is 7.71. The van der Waals surface area contributed by atoms with Gasteiger partial charge in [0, 0.05) is 13.1 Å². The monoisotopic (exact) mass is 241 g/mol. The summed E-state index contributed by atoms with van der Waals surface area (Å²) in [4.78, 5) is 13.4. The molecule has 4 heteroatoms. The van der Waals surface area contributed by atoms with Gasteiger partial charge < -0.3 is 14.7 Å². The van der Waals surface area contributed by atoms with Crippen LogP contribution >= 0.6 is 0 Å². The van der Waals surface area contributed by atoms with Gasteiger partial charge in [-0.15, -0.1) is 0 Å². The van der Waals surface area contributed by atoms with Crippen LogP contribution in [-0.2, 0) is 4.74 Å². The largest absolute Gasteiger partial charge is 0.444 e. The van der Waals surface area contributed by atoms with E-state index in [1.165, 1.54) is 0 Å². The molecule has 0 aromatic carbocycles. The topological polar surface area (TPSA) is 49.8 Å². The standard InChI is InChI=1S/C13H23NO3/c1-12(2,3)17-11(15)14(4)10-7-13(16,8-10)9-5-6-9/h9-10,16H,5-8H2,1-4H3. The average molecular weight is 241 g/mol. The molecule has 2 aliphatic rings. The molecule has 0 aliphatic heterocycles. The van der Waals surface area contributed by atoms with E-state index in [9.17, 15) is 9.90 Å². The van der Waals surface area contributed by atoms with Gasteiger partial charge in [-0.05, 0) is 52.4 Å². The van der Waals surface area contributed by atoms with Crippen LogP contribution in [0.1, 0.15) is 46.5 Å². The Kier molecular flexibility index (Phi) is 2.89. The van der Waals surface area contributed by atoms with Crippen LogP contribution in [0.15, 0.2) is 0 Å². The van der Waals surface area contributed by atoms with Crippen molar-refractivity contribution in [2.45, 2.75) is 63.7 Å². The lowest BCUT2D eigenvalue weighted by Gasteiger charge is -2.47.